The lowest BCUT2D eigenvalue weighted by molar-refractivity contribution is -0.900. The zero-order valence-corrected chi connectivity index (χ0v) is 14.9. The van der Waals surface area contributed by atoms with Crippen molar-refractivity contribution in [3.8, 4) is 11.3 Å². The van der Waals surface area contributed by atoms with Crippen molar-refractivity contribution < 1.29 is 18.8 Å². The largest absolute Gasteiger partial charge is 0.455 e. The number of hydrazone groups is 1. The highest BCUT2D eigenvalue weighted by Gasteiger charge is 2.17. The Morgan fingerprint density at radius 3 is 2.84 bits per heavy atom. The van der Waals surface area contributed by atoms with Crippen molar-refractivity contribution in [2.24, 2.45) is 5.10 Å². The number of nitrogens with zero attached hydrogens (tertiary/aromatic N) is 1. The minimum Gasteiger partial charge on any atom is -0.455 e. The van der Waals surface area contributed by atoms with Crippen LogP contribution < -0.4 is 10.3 Å². The van der Waals surface area contributed by atoms with E-state index in [-0.39, 0.29) is 5.91 Å². The van der Waals surface area contributed by atoms with Gasteiger partial charge in [-0.3, -0.25) is 4.79 Å². The molecule has 0 bridgehead atoms. The third-order valence-corrected chi connectivity index (χ3v) is 4.65. The number of hydrogen-bond donors (Lipinski definition) is 2. The minimum absolute atomic E-state index is 0.141. The topological polar surface area (TPSA) is 68.3 Å². The van der Waals surface area contributed by atoms with E-state index in [1.165, 1.54) is 11.1 Å². The summed E-state index contributed by atoms with van der Waals surface area (Å²) in [5, 5.41) is 4.83. The molecule has 0 spiro atoms. The van der Waals surface area contributed by atoms with E-state index >= 15 is 0 Å². The van der Waals surface area contributed by atoms with Crippen LogP contribution in [0.25, 0.3) is 11.3 Å². The highest BCUT2D eigenvalue weighted by molar-refractivity contribution is 6.43. The van der Waals surface area contributed by atoms with Gasteiger partial charge < -0.3 is 14.1 Å². The normalized spacial score (nSPS) is 15.6. The molecule has 2 heterocycles. The fraction of sp³-hybridized carbons (Fsp3) is 0.294. The van der Waals surface area contributed by atoms with Gasteiger partial charge in [0.2, 0.25) is 0 Å². The molecule has 1 saturated heterocycles. The molecular formula is C17H18Cl2N3O3+. The predicted molar refractivity (Wildman–Crippen MR) is 96.3 cm³/mol. The van der Waals surface area contributed by atoms with E-state index in [4.69, 9.17) is 32.4 Å². The molecule has 2 N–H and O–H groups in total. The molecule has 132 valence electrons. The monoisotopic (exact) mass is 382 g/mol. The van der Waals surface area contributed by atoms with Crippen LogP contribution >= 0.6 is 23.2 Å². The van der Waals surface area contributed by atoms with Crippen LogP contribution in [0.3, 0.4) is 0 Å². The summed E-state index contributed by atoms with van der Waals surface area (Å²) in [4.78, 5) is 13.1. The Morgan fingerprint density at radius 2 is 2.04 bits per heavy atom. The van der Waals surface area contributed by atoms with E-state index in [9.17, 15) is 4.79 Å². The van der Waals surface area contributed by atoms with Gasteiger partial charge in [0.25, 0.3) is 5.91 Å². The summed E-state index contributed by atoms with van der Waals surface area (Å²) in [6, 6.07) is 8.85. The smallest absolute Gasteiger partial charge is 0.295 e. The fourth-order valence-corrected chi connectivity index (χ4v) is 2.93. The molecule has 3 rings (SSSR count). The maximum absolute atomic E-state index is 11.9. The number of morpholine rings is 1. The molecule has 0 radical (unpaired) electrons. The quantitative estimate of drug-likeness (QED) is 0.609. The number of rotatable bonds is 5. The molecule has 0 aliphatic carbocycles. The van der Waals surface area contributed by atoms with Gasteiger partial charge in [0.1, 0.15) is 24.6 Å². The van der Waals surface area contributed by atoms with Gasteiger partial charge >= 0.3 is 0 Å². The first-order valence-electron chi connectivity index (χ1n) is 7.91. The van der Waals surface area contributed by atoms with E-state index in [1.54, 1.807) is 24.3 Å². The van der Waals surface area contributed by atoms with Crippen molar-refractivity contribution in [3.05, 3.63) is 46.1 Å². The summed E-state index contributed by atoms with van der Waals surface area (Å²) >= 11 is 12.2. The Hall–Kier alpha value is -1.86. The maximum Gasteiger partial charge on any atom is 0.295 e. The second-order valence-corrected chi connectivity index (χ2v) is 6.42. The van der Waals surface area contributed by atoms with Crippen molar-refractivity contribution in [1.82, 2.24) is 5.43 Å². The van der Waals surface area contributed by atoms with Crippen LogP contribution in [0.4, 0.5) is 0 Å². The molecule has 1 fully saturated rings. The van der Waals surface area contributed by atoms with Gasteiger partial charge in [0.15, 0.2) is 6.54 Å². The molecule has 25 heavy (non-hydrogen) atoms. The summed E-state index contributed by atoms with van der Waals surface area (Å²) in [6.45, 7) is 3.42. The zero-order chi connectivity index (χ0) is 17.6. The number of benzene rings is 1. The highest BCUT2D eigenvalue weighted by atomic mass is 35.5. The number of halogens is 2. The number of carbonyl (C=O) groups excluding carboxylic acids is 1. The second kappa shape index (κ2) is 8.49. The molecule has 1 aliphatic rings. The van der Waals surface area contributed by atoms with Crippen LogP contribution in [0, 0.1) is 0 Å². The minimum atomic E-state index is -0.141. The molecule has 2 aromatic rings. The number of carbonyl (C=O) groups is 1. The molecule has 1 aliphatic heterocycles. The average Bonchev–Trinajstić information content (AvgIpc) is 3.07. The molecule has 0 atom stereocenters. The van der Waals surface area contributed by atoms with Gasteiger partial charge in [-0.25, -0.2) is 5.43 Å². The van der Waals surface area contributed by atoms with Crippen molar-refractivity contribution in [1.29, 1.82) is 0 Å². The lowest BCUT2D eigenvalue weighted by Gasteiger charge is -2.22. The van der Waals surface area contributed by atoms with Gasteiger partial charge in [-0.1, -0.05) is 29.3 Å². The van der Waals surface area contributed by atoms with E-state index < -0.39 is 0 Å². The van der Waals surface area contributed by atoms with Gasteiger partial charge in [-0.2, -0.15) is 5.10 Å². The van der Waals surface area contributed by atoms with Crippen LogP contribution in [0.1, 0.15) is 5.76 Å². The standard InChI is InChI=1S/C17H17Cl2N3O3/c18-14-3-1-2-13(17(14)19)15-5-4-12(25-15)10-20-21-16(23)11-22-6-8-24-9-7-22/h1-5,10H,6-9,11H2,(H,21,23)/p+1/b20-10-. The van der Waals surface area contributed by atoms with Gasteiger partial charge in [0, 0.05) is 5.56 Å². The van der Waals surface area contributed by atoms with E-state index in [0.29, 0.717) is 46.9 Å². The summed E-state index contributed by atoms with van der Waals surface area (Å²) in [7, 11) is 0. The molecule has 1 aromatic heterocycles. The molecule has 1 aromatic carbocycles. The Labute approximate surface area is 155 Å². The lowest BCUT2D eigenvalue weighted by atomic mass is 10.2. The van der Waals surface area contributed by atoms with Crippen LogP contribution in [-0.4, -0.2) is 45.0 Å². The number of nitrogens with one attached hydrogen (secondary N) is 2. The van der Waals surface area contributed by atoms with E-state index in [1.807, 2.05) is 6.07 Å². The first kappa shape index (κ1) is 17.9. The molecule has 0 saturated carbocycles. The molecule has 0 unspecified atom stereocenters. The third-order valence-electron chi connectivity index (χ3n) is 3.84. The number of furan rings is 1. The molecule has 1 amide bonds. The fourth-order valence-electron chi connectivity index (χ4n) is 2.53. The first-order valence-corrected chi connectivity index (χ1v) is 8.66. The highest BCUT2D eigenvalue weighted by Crippen LogP contribution is 2.34. The van der Waals surface area contributed by atoms with Crippen molar-refractivity contribution in [2.75, 3.05) is 32.8 Å². The van der Waals surface area contributed by atoms with Gasteiger partial charge in [-0.05, 0) is 24.3 Å². The van der Waals surface area contributed by atoms with Crippen LogP contribution in [0.2, 0.25) is 10.0 Å². The summed E-state index contributed by atoms with van der Waals surface area (Å²) in [6.07, 6.45) is 1.45. The molecule has 8 heteroatoms. The van der Waals surface area contributed by atoms with Crippen LogP contribution in [-0.2, 0) is 9.53 Å². The Bertz CT molecular complexity index is 770. The van der Waals surface area contributed by atoms with Gasteiger partial charge in [-0.15, -0.1) is 0 Å². The average molecular weight is 383 g/mol. The predicted octanol–water partition coefficient (Wildman–Crippen LogP) is 1.62. The van der Waals surface area contributed by atoms with Crippen molar-refractivity contribution in [2.45, 2.75) is 0 Å². The lowest BCUT2D eigenvalue weighted by Crippen LogP contribution is -3.15. The Kier molecular flexibility index (Phi) is 6.09. The first-order chi connectivity index (χ1) is 12.1. The zero-order valence-electron chi connectivity index (χ0n) is 13.4. The van der Waals surface area contributed by atoms with Crippen LogP contribution in [0.15, 0.2) is 39.9 Å². The molecule has 6 nitrogen and oxygen atoms in total. The van der Waals surface area contributed by atoms with E-state index in [2.05, 4.69) is 10.5 Å². The summed E-state index contributed by atoms with van der Waals surface area (Å²) in [5.74, 6) is 0.945. The Balaban J connectivity index is 1.56. The van der Waals surface area contributed by atoms with Gasteiger partial charge in [0.05, 0.1) is 29.5 Å². The molecular weight excluding hydrogens is 365 g/mol. The van der Waals surface area contributed by atoms with Crippen LogP contribution in [0.5, 0.6) is 0 Å². The third kappa shape index (κ3) is 4.83. The van der Waals surface area contributed by atoms with E-state index in [0.717, 1.165) is 13.1 Å². The number of amides is 1. The SMILES string of the molecule is O=C(C[NH+]1CCOCC1)N/N=C\c1ccc(-c2cccc(Cl)c2Cl)o1. The Morgan fingerprint density at radius 1 is 1.24 bits per heavy atom. The second-order valence-electron chi connectivity index (χ2n) is 5.64. The number of hydrogen-bond acceptors (Lipinski definition) is 4. The maximum atomic E-state index is 11.9. The number of ether oxygens (including phenoxy) is 1. The summed E-state index contributed by atoms with van der Waals surface area (Å²) < 4.78 is 10.9. The van der Waals surface area contributed by atoms with Crippen molar-refractivity contribution in [3.63, 3.8) is 0 Å². The summed E-state index contributed by atoms with van der Waals surface area (Å²) in [5.41, 5.74) is 3.21. The van der Waals surface area contributed by atoms with Crippen molar-refractivity contribution >= 4 is 35.3 Å². The number of quaternary nitrogens is 1.